The SMILES string of the molecule is CC1CC(=O)N(Cc2nc3ccccc3n2CCCCO)c2ccccc2N1. The van der Waals surface area contributed by atoms with Gasteiger partial charge in [0.2, 0.25) is 5.91 Å². The molecule has 1 unspecified atom stereocenters. The van der Waals surface area contributed by atoms with Crippen LogP contribution in [0.4, 0.5) is 11.4 Å². The number of anilines is 2. The fourth-order valence-electron chi connectivity index (χ4n) is 3.85. The number of carbonyl (C=O) groups is 1. The van der Waals surface area contributed by atoms with Gasteiger partial charge in [-0.05, 0) is 44.0 Å². The Morgan fingerprint density at radius 2 is 1.93 bits per heavy atom. The smallest absolute Gasteiger partial charge is 0.229 e. The number of unbranched alkanes of at least 4 members (excludes halogenated alkanes) is 1. The van der Waals surface area contributed by atoms with Gasteiger partial charge in [0.15, 0.2) is 0 Å². The van der Waals surface area contributed by atoms with Gasteiger partial charge in [0.05, 0.1) is 29.0 Å². The third kappa shape index (κ3) is 3.60. The van der Waals surface area contributed by atoms with Gasteiger partial charge in [-0.1, -0.05) is 24.3 Å². The number of nitrogens with zero attached hydrogens (tertiary/aromatic N) is 3. The van der Waals surface area contributed by atoms with Crippen molar-refractivity contribution in [3.05, 3.63) is 54.4 Å². The quantitative estimate of drug-likeness (QED) is 0.644. The number of benzene rings is 2. The van der Waals surface area contributed by atoms with E-state index in [0.29, 0.717) is 13.0 Å². The number of aromatic nitrogens is 2. The number of rotatable bonds is 6. The van der Waals surface area contributed by atoms with Crippen LogP contribution in [-0.4, -0.2) is 33.2 Å². The van der Waals surface area contributed by atoms with Gasteiger partial charge in [-0.15, -0.1) is 0 Å². The summed E-state index contributed by atoms with van der Waals surface area (Å²) in [4.78, 5) is 19.7. The molecule has 0 fully saturated rings. The summed E-state index contributed by atoms with van der Waals surface area (Å²) < 4.78 is 2.18. The second kappa shape index (κ2) is 8.02. The molecule has 0 spiro atoms. The molecule has 0 saturated heterocycles. The third-order valence-corrected chi connectivity index (χ3v) is 5.20. The minimum absolute atomic E-state index is 0.0852. The van der Waals surface area contributed by atoms with Gasteiger partial charge in [0.25, 0.3) is 0 Å². The first kappa shape index (κ1) is 18.5. The van der Waals surface area contributed by atoms with Crippen molar-refractivity contribution in [2.45, 2.75) is 45.3 Å². The van der Waals surface area contributed by atoms with E-state index in [4.69, 9.17) is 10.1 Å². The standard InChI is InChI=1S/C22H26N4O2/c1-16-14-22(28)26(20-11-5-2-8-17(20)23-16)15-21-24-18-9-3-4-10-19(18)25(21)12-6-7-13-27/h2-5,8-11,16,23,27H,6-7,12-15H2,1H3. The maximum atomic E-state index is 13.0. The number of para-hydroxylation sites is 4. The number of imidazole rings is 1. The van der Waals surface area contributed by atoms with E-state index >= 15 is 0 Å². The number of aryl methyl sites for hydroxylation is 1. The lowest BCUT2D eigenvalue weighted by Crippen LogP contribution is -2.32. The number of carbonyl (C=O) groups excluding carboxylic acids is 1. The van der Waals surface area contributed by atoms with E-state index in [1.807, 2.05) is 54.3 Å². The highest BCUT2D eigenvalue weighted by Gasteiger charge is 2.27. The summed E-state index contributed by atoms with van der Waals surface area (Å²) in [6, 6.07) is 16.1. The lowest BCUT2D eigenvalue weighted by molar-refractivity contribution is -0.118. The first-order valence-electron chi connectivity index (χ1n) is 9.88. The van der Waals surface area contributed by atoms with E-state index in [1.165, 1.54) is 0 Å². The summed E-state index contributed by atoms with van der Waals surface area (Å²) in [6.45, 7) is 3.42. The molecule has 6 nitrogen and oxygen atoms in total. The number of amides is 1. The van der Waals surface area contributed by atoms with Crippen molar-refractivity contribution in [3.8, 4) is 0 Å². The molecular weight excluding hydrogens is 352 g/mol. The molecule has 1 amide bonds. The highest BCUT2D eigenvalue weighted by molar-refractivity contribution is 5.98. The molecule has 2 aromatic carbocycles. The lowest BCUT2D eigenvalue weighted by atomic mass is 10.2. The molecule has 4 rings (SSSR count). The second-order valence-electron chi connectivity index (χ2n) is 7.35. The highest BCUT2D eigenvalue weighted by Crippen LogP contribution is 2.32. The fraction of sp³-hybridized carbons (Fsp3) is 0.364. The van der Waals surface area contributed by atoms with Crippen LogP contribution in [0.25, 0.3) is 11.0 Å². The van der Waals surface area contributed by atoms with E-state index in [0.717, 1.165) is 47.6 Å². The molecule has 2 N–H and O–H groups in total. The monoisotopic (exact) mass is 378 g/mol. The Hall–Kier alpha value is -2.86. The first-order valence-corrected chi connectivity index (χ1v) is 9.88. The number of aliphatic hydroxyl groups is 1. The van der Waals surface area contributed by atoms with E-state index < -0.39 is 0 Å². The Morgan fingerprint density at radius 1 is 1.14 bits per heavy atom. The zero-order valence-electron chi connectivity index (χ0n) is 16.1. The lowest BCUT2D eigenvalue weighted by Gasteiger charge is -2.23. The minimum atomic E-state index is 0.0852. The molecule has 1 aliphatic heterocycles. The molecule has 0 aliphatic carbocycles. The van der Waals surface area contributed by atoms with Crippen molar-refractivity contribution in [2.24, 2.45) is 0 Å². The van der Waals surface area contributed by atoms with Crippen molar-refractivity contribution >= 4 is 28.3 Å². The Morgan fingerprint density at radius 3 is 2.79 bits per heavy atom. The van der Waals surface area contributed by atoms with Crippen LogP contribution in [0.1, 0.15) is 32.0 Å². The van der Waals surface area contributed by atoms with Gasteiger partial charge >= 0.3 is 0 Å². The van der Waals surface area contributed by atoms with Crippen LogP contribution in [0.3, 0.4) is 0 Å². The molecule has 0 saturated carbocycles. The Balaban J connectivity index is 1.72. The van der Waals surface area contributed by atoms with Crippen LogP contribution in [0.2, 0.25) is 0 Å². The summed E-state index contributed by atoms with van der Waals surface area (Å²) in [7, 11) is 0. The van der Waals surface area contributed by atoms with Crippen LogP contribution >= 0.6 is 0 Å². The van der Waals surface area contributed by atoms with Crippen LogP contribution in [0.15, 0.2) is 48.5 Å². The van der Waals surface area contributed by atoms with Crippen molar-refractivity contribution in [2.75, 3.05) is 16.8 Å². The highest BCUT2D eigenvalue weighted by atomic mass is 16.2. The van der Waals surface area contributed by atoms with Crippen LogP contribution in [-0.2, 0) is 17.9 Å². The van der Waals surface area contributed by atoms with Crippen LogP contribution in [0.5, 0.6) is 0 Å². The number of nitrogens with one attached hydrogen (secondary N) is 1. The average molecular weight is 378 g/mol. The van der Waals surface area contributed by atoms with Gasteiger partial charge in [-0.2, -0.15) is 0 Å². The zero-order valence-corrected chi connectivity index (χ0v) is 16.1. The summed E-state index contributed by atoms with van der Waals surface area (Å²) in [5, 5.41) is 12.6. The molecule has 0 radical (unpaired) electrons. The topological polar surface area (TPSA) is 70.4 Å². The van der Waals surface area contributed by atoms with Gasteiger partial charge in [-0.25, -0.2) is 4.98 Å². The van der Waals surface area contributed by atoms with E-state index in [1.54, 1.807) is 0 Å². The van der Waals surface area contributed by atoms with E-state index in [2.05, 4.69) is 16.0 Å². The molecule has 3 aromatic rings. The Bertz CT molecular complexity index is 982. The number of fused-ring (bicyclic) bond motifs is 2. The van der Waals surface area contributed by atoms with Crippen LogP contribution < -0.4 is 10.2 Å². The molecule has 1 atom stereocenters. The van der Waals surface area contributed by atoms with Crippen molar-refractivity contribution in [1.82, 2.24) is 9.55 Å². The second-order valence-corrected chi connectivity index (χ2v) is 7.35. The van der Waals surface area contributed by atoms with Gasteiger partial charge < -0.3 is 19.9 Å². The molecule has 28 heavy (non-hydrogen) atoms. The summed E-state index contributed by atoms with van der Waals surface area (Å²) in [5.74, 6) is 0.968. The summed E-state index contributed by atoms with van der Waals surface area (Å²) >= 11 is 0. The van der Waals surface area contributed by atoms with Crippen molar-refractivity contribution < 1.29 is 9.90 Å². The number of aliphatic hydroxyl groups excluding tert-OH is 1. The third-order valence-electron chi connectivity index (χ3n) is 5.20. The van der Waals surface area contributed by atoms with Gasteiger partial charge in [0.1, 0.15) is 5.82 Å². The summed E-state index contributed by atoms with van der Waals surface area (Å²) in [6.07, 6.45) is 2.06. The maximum Gasteiger partial charge on any atom is 0.229 e. The van der Waals surface area contributed by atoms with Gasteiger partial charge in [0, 0.05) is 25.6 Å². The molecular formula is C22H26N4O2. The molecule has 146 valence electrons. The van der Waals surface area contributed by atoms with E-state index in [-0.39, 0.29) is 18.6 Å². The van der Waals surface area contributed by atoms with E-state index in [9.17, 15) is 4.79 Å². The largest absolute Gasteiger partial charge is 0.396 e. The predicted octanol–water partition coefficient (Wildman–Crippen LogP) is 3.55. The number of hydrogen-bond acceptors (Lipinski definition) is 4. The van der Waals surface area contributed by atoms with Crippen molar-refractivity contribution in [3.63, 3.8) is 0 Å². The molecule has 1 aromatic heterocycles. The molecule has 0 bridgehead atoms. The average Bonchev–Trinajstić information content (AvgIpc) is 2.98. The maximum absolute atomic E-state index is 13.0. The molecule has 1 aliphatic rings. The van der Waals surface area contributed by atoms with Crippen LogP contribution in [0, 0.1) is 0 Å². The zero-order chi connectivity index (χ0) is 19.5. The normalized spacial score (nSPS) is 16.7. The fourth-order valence-corrected chi connectivity index (χ4v) is 3.85. The van der Waals surface area contributed by atoms with Crippen molar-refractivity contribution in [1.29, 1.82) is 0 Å². The number of hydrogen-bond donors (Lipinski definition) is 2. The Labute approximate surface area is 164 Å². The van der Waals surface area contributed by atoms with Gasteiger partial charge in [-0.3, -0.25) is 4.79 Å². The molecule has 6 heteroatoms. The molecule has 2 heterocycles. The predicted molar refractivity (Wildman–Crippen MR) is 111 cm³/mol. The Kier molecular flexibility index (Phi) is 5.30. The first-order chi connectivity index (χ1) is 13.7. The summed E-state index contributed by atoms with van der Waals surface area (Å²) in [5.41, 5.74) is 3.87. The minimum Gasteiger partial charge on any atom is -0.396 e.